The summed E-state index contributed by atoms with van der Waals surface area (Å²) < 4.78 is 13.0. The number of carbonyl (C=O) groups is 1. The molecule has 0 saturated carbocycles. The molecule has 4 nitrogen and oxygen atoms in total. The molecule has 1 heterocycles. The van der Waals surface area contributed by atoms with E-state index in [2.05, 4.69) is 75.9 Å². The zero-order chi connectivity index (χ0) is 24.9. The summed E-state index contributed by atoms with van der Waals surface area (Å²) in [5, 5.41) is 2.28. The zero-order valence-electron chi connectivity index (χ0n) is 20.9. The molecule has 35 heavy (non-hydrogen) atoms. The molecule has 0 aromatic heterocycles. The Balaban J connectivity index is 1.66. The summed E-state index contributed by atoms with van der Waals surface area (Å²) >= 11 is 0. The van der Waals surface area contributed by atoms with Gasteiger partial charge in [0.15, 0.2) is 0 Å². The zero-order valence-corrected chi connectivity index (χ0v) is 21.9. The highest BCUT2D eigenvalue weighted by molar-refractivity contribution is 6.99. The minimum atomic E-state index is -2.72. The molecule has 2 atom stereocenters. The number of hydrogen-bond acceptors (Lipinski definition) is 3. The van der Waals surface area contributed by atoms with Crippen molar-refractivity contribution in [3.63, 3.8) is 0 Å². The van der Waals surface area contributed by atoms with Crippen LogP contribution in [-0.2, 0) is 15.7 Å². The van der Waals surface area contributed by atoms with Crippen LogP contribution in [0.3, 0.4) is 0 Å². The fourth-order valence-electron chi connectivity index (χ4n) is 5.14. The standard InChI is InChI=1S/C30H35NO3Si/c1-5-15-27-28(34-29(32)31(27)22-24-16-9-6-10-17-24)23-33-35(30(2,3)4,25-18-11-7-12-19-25)26-20-13-8-14-21-26/h5-14,16-21,27-28H,1,15,22-23H2,2-4H3/t27-,28-/m1/s1. The SMILES string of the molecule is C=CC[C@@H]1[C@@H](CO[Si](c2ccccc2)(c2ccccc2)C(C)(C)C)OC(=O)N1Cc1ccccc1. The lowest BCUT2D eigenvalue weighted by Crippen LogP contribution is -2.67. The molecule has 1 saturated heterocycles. The maximum Gasteiger partial charge on any atom is 0.410 e. The van der Waals surface area contributed by atoms with Gasteiger partial charge in [-0.25, -0.2) is 4.79 Å². The molecule has 0 bridgehead atoms. The average molecular weight is 486 g/mol. The van der Waals surface area contributed by atoms with Crippen LogP contribution in [0.4, 0.5) is 4.79 Å². The molecule has 0 aliphatic carbocycles. The topological polar surface area (TPSA) is 38.8 Å². The van der Waals surface area contributed by atoms with Crippen molar-refractivity contribution in [2.45, 2.75) is 50.9 Å². The van der Waals surface area contributed by atoms with E-state index in [4.69, 9.17) is 9.16 Å². The Morgan fingerprint density at radius 1 is 0.914 bits per heavy atom. The minimum absolute atomic E-state index is 0.126. The van der Waals surface area contributed by atoms with Crippen LogP contribution in [0.15, 0.2) is 104 Å². The lowest BCUT2D eigenvalue weighted by atomic mass is 10.1. The molecule has 0 N–H and O–H groups in total. The van der Waals surface area contributed by atoms with Crippen molar-refractivity contribution in [3.05, 3.63) is 109 Å². The lowest BCUT2D eigenvalue weighted by Gasteiger charge is -2.43. The van der Waals surface area contributed by atoms with Crippen LogP contribution in [0.2, 0.25) is 5.04 Å². The van der Waals surface area contributed by atoms with Gasteiger partial charge in [-0.05, 0) is 27.4 Å². The van der Waals surface area contributed by atoms with Crippen molar-refractivity contribution in [2.24, 2.45) is 0 Å². The predicted octanol–water partition coefficient (Wildman–Crippen LogP) is 5.53. The molecule has 0 spiro atoms. The smallest absolute Gasteiger partial charge is 0.410 e. The van der Waals surface area contributed by atoms with Crippen LogP contribution < -0.4 is 10.4 Å². The van der Waals surface area contributed by atoms with Gasteiger partial charge < -0.3 is 9.16 Å². The van der Waals surface area contributed by atoms with Gasteiger partial charge in [0, 0.05) is 6.54 Å². The number of rotatable bonds is 9. The van der Waals surface area contributed by atoms with Crippen molar-refractivity contribution in [1.29, 1.82) is 0 Å². The van der Waals surface area contributed by atoms with Crippen molar-refractivity contribution in [1.82, 2.24) is 4.90 Å². The van der Waals surface area contributed by atoms with E-state index in [0.29, 0.717) is 19.6 Å². The van der Waals surface area contributed by atoms with E-state index in [1.807, 2.05) is 53.4 Å². The van der Waals surface area contributed by atoms with Crippen molar-refractivity contribution < 1.29 is 14.0 Å². The number of benzene rings is 3. The van der Waals surface area contributed by atoms with E-state index >= 15 is 0 Å². The Hall–Kier alpha value is -3.15. The summed E-state index contributed by atoms with van der Waals surface area (Å²) in [4.78, 5) is 14.8. The highest BCUT2D eigenvalue weighted by Crippen LogP contribution is 2.37. The van der Waals surface area contributed by atoms with Crippen LogP contribution >= 0.6 is 0 Å². The van der Waals surface area contributed by atoms with Gasteiger partial charge in [0.25, 0.3) is 8.32 Å². The third kappa shape index (κ3) is 5.11. The molecule has 1 aliphatic heterocycles. The van der Waals surface area contributed by atoms with Gasteiger partial charge in [-0.2, -0.15) is 0 Å². The van der Waals surface area contributed by atoms with E-state index in [1.54, 1.807) is 0 Å². The first-order valence-electron chi connectivity index (χ1n) is 12.2. The summed E-state index contributed by atoms with van der Waals surface area (Å²) in [5.74, 6) is 0. The van der Waals surface area contributed by atoms with Gasteiger partial charge in [0.1, 0.15) is 6.10 Å². The van der Waals surface area contributed by atoms with Crippen molar-refractivity contribution in [2.75, 3.05) is 6.61 Å². The molecule has 1 amide bonds. The van der Waals surface area contributed by atoms with Crippen LogP contribution in [-0.4, -0.2) is 38.1 Å². The van der Waals surface area contributed by atoms with Gasteiger partial charge in [-0.15, -0.1) is 6.58 Å². The maximum absolute atomic E-state index is 13.0. The summed E-state index contributed by atoms with van der Waals surface area (Å²) in [6.45, 7) is 11.5. The van der Waals surface area contributed by atoms with Gasteiger partial charge >= 0.3 is 6.09 Å². The Morgan fingerprint density at radius 3 is 1.91 bits per heavy atom. The third-order valence-corrected chi connectivity index (χ3v) is 11.8. The molecule has 3 aromatic rings. The van der Waals surface area contributed by atoms with Crippen molar-refractivity contribution in [3.8, 4) is 0 Å². The second-order valence-electron chi connectivity index (χ2n) is 10.1. The average Bonchev–Trinajstić information content (AvgIpc) is 3.15. The molecule has 3 aromatic carbocycles. The summed E-state index contributed by atoms with van der Waals surface area (Å²) in [7, 11) is -2.72. The molecule has 0 unspecified atom stereocenters. The first-order valence-corrected chi connectivity index (χ1v) is 14.1. The second-order valence-corrected chi connectivity index (χ2v) is 14.4. The van der Waals surface area contributed by atoms with Gasteiger partial charge in [0.2, 0.25) is 0 Å². The first-order chi connectivity index (χ1) is 16.9. The lowest BCUT2D eigenvalue weighted by molar-refractivity contribution is 0.0885. The van der Waals surface area contributed by atoms with Gasteiger partial charge in [-0.1, -0.05) is 118 Å². The van der Waals surface area contributed by atoms with Gasteiger partial charge in [-0.3, -0.25) is 4.90 Å². The first kappa shape index (κ1) is 25.0. The predicted molar refractivity (Wildman–Crippen MR) is 144 cm³/mol. The monoisotopic (exact) mass is 485 g/mol. The number of hydrogen-bond donors (Lipinski definition) is 0. The third-order valence-electron chi connectivity index (χ3n) is 6.80. The van der Waals surface area contributed by atoms with E-state index in [-0.39, 0.29) is 23.3 Å². The molecule has 5 heteroatoms. The van der Waals surface area contributed by atoms with E-state index in [1.165, 1.54) is 10.4 Å². The maximum atomic E-state index is 13.0. The summed E-state index contributed by atoms with van der Waals surface area (Å²) in [5.41, 5.74) is 1.08. The van der Waals surface area contributed by atoms with Crippen LogP contribution in [0.1, 0.15) is 32.8 Å². The normalized spacial score (nSPS) is 18.4. The summed E-state index contributed by atoms with van der Waals surface area (Å²) in [6.07, 6.45) is 1.84. The van der Waals surface area contributed by atoms with Crippen LogP contribution in [0.5, 0.6) is 0 Å². The highest BCUT2D eigenvalue weighted by atomic mass is 28.4. The number of cyclic esters (lactones) is 1. The number of ether oxygens (including phenoxy) is 1. The quantitative estimate of drug-likeness (QED) is 0.296. The molecule has 0 radical (unpaired) electrons. The molecular weight excluding hydrogens is 450 g/mol. The minimum Gasteiger partial charge on any atom is -0.441 e. The Labute approximate surface area is 210 Å². The summed E-state index contributed by atoms with van der Waals surface area (Å²) in [6, 6.07) is 31.0. The molecule has 1 aliphatic rings. The molecular formula is C30H35NO3Si. The number of amides is 1. The fourth-order valence-corrected chi connectivity index (χ4v) is 9.71. The molecule has 1 fully saturated rings. The number of nitrogens with zero attached hydrogens (tertiary/aromatic N) is 1. The Morgan fingerprint density at radius 2 is 1.43 bits per heavy atom. The molecule has 4 rings (SSSR count). The Kier molecular flexibility index (Phi) is 7.58. The highest BCUT2D eigenvalue weighted by Gasteiger charge is 2.51. The molecule has 182 valence electrons. The van der Waals surface area contributed by atoms with Gasteiger partial charge in [0.05, 0.1) is 12.6 Å². The number of carbonyl (C=O) groups excluding carboxylic acids is 1. The van der Waals surface area contributed by atoms with E-state index in [9.17, 15) is 4.79 Å². The van der Waals surface area contributed by atoms with E-state index < -0.39 is 8.32 Å². The van der Waals surface area contributed by atoms with Crippen LogP contribution in [0, 0.1) is 0 Å². The van der Waals surface area contributed by atoms with Crippen molar-refractivity contribution >= 4 is 24.8 Å². The van der Waals surface area contributed by atoms with Crippen LogP contribution in [0.25, 0.3) is 0 Å². The largest absolute Gasteiger partial charge is 0.441 e. The van der Waals surface area contributed by atoms with E-state index in [0.717, 1.165) is 5.56 Å². The Bertz CT molecular complexity index is 1070. The second kappa shape index (κ2) is 10.6. The fraction of sp³-hybridized carbons (Fsp3) is 0.300.